The summed E-state index contributed by atoms with van der Waals surface area (Å²) in [7, 11) is 0. The number of hydrogen-bond donors (Lipinski definition) is 0. The molecule has 1 aliphatic heterocycles. The number of alkyl halides is 1. The van der Waals surface area contributed by atoms with Crippen molar-refractivity contribution in [2.75, 3.05) is 12.4 Å². The molecule has 13 heavy (non-hydrogen) atoms. The minimum Gasteiger partial charge on any atom is -0.281 e. The lowest BCUT2D eigenvalue weighted by molar-refractivity contribution is -0.142. The summed E-state index contributed by atoms with van der Waals surface area (Å²) in [6.07, 6.45) is 0. The quantitative estimate of drug-likeness (QED) is 0.491. The van der Waals surface area contributed by atoms with E-state index in [9.17, 15) is 9.59 Å². The molecule has 1 saturated carbocycles. The van der Waals surface area contributed by atoms with Gasteiger partial charge in [0.15, 0.2) is 0 Å². The van der Waals surface area contributed by atoms with Crippen LogP contribution in [0.2, 0.25) is 0 Å². The Labute approximate surface area is 82.0 Å². The van der Waals surface area contributed by atoms with Crippen LogP contribution in [0, 0.1) is 17.3 Å². The summed E-state index contributed by atoms with van der Waals surface area (Å²) in [5.74, 6) is 0.143. The first-order chi connectivity index (χ1) is 6.01. The predicted molar refractivity (Wildman–Crippen MR) is 48.2 cm³/mol. The van der Waals surface area contributed by atoms with E-state index in [1.807, 2.05) is 13.8 Å². The first-order valence-electron chi connectivity index (χ1n) is 4.43. The van der Waals surface area contributed by atoms with Gasteiger partial charge in [-0.25, -0.2) is 0 Å². The van der Waals surface area contributed by atoms with Crippen LogP contribution in [0.5, 0.6) is 0 Å². The molecule has 0 aromatic rings. The number of fused-ring (bicyclic) bond motifs is 1. The molecule has 0 aromatic heterocycles. The first-order valence-corrected chi connectivity index (χ1v) is 4.96. The van der Waals surface area contributed by atoms with Crippen LogP contribution in [0.15, 0.2) is 0 Å². The molecule has 2 fully saturated rings. The van der Waals surface area contributed by atoms with Gasteiger partial charge in [0.1, 0.15) is 0 Å². The van der Waals surface area contributed by atoms with E-state index in [0.717, 1.165) is 0 Å². The number of halogens is 1. The van der Waals surface area contributed by atoms with Crippen molar-refractivity contribution < 1.29 is 9.59 Å². The molecular weight excluding hydrogens is 190 g/mol. The molecule has 0 bridgehead atoms. The Balaban J connectivity index is 2.18. The average Bonchev–Trinajstić information content (AvgIpc) is 2.51. The third kappa shape index (κ3) is 0.966. The number of imide groups is 1. The molecule has 0 N–H and O–H groups in total. The van der Waals surface area contributed by atoms with Gasteiger partial charge in [-0.05, 0) is 5.41 Å². The predicted octanol–water partition coefficient (Wildman–Crippen LogP) is 0.866. The summed E-state index contributed by atoms with van der Waals surface area (Å²) >= 11 is 5.50. The van der Waals surface area contributed by atoms with E-state index in [0.29, 0.717) is 12.4 Å². The van der Waals surface area contributed by atoms with Crippen molar-refractivity contribution in [3.63, 3.8) is 0 Å². The van der Waals surface area contributed by atoms with Gasteiger partial charge in [0.2, 0.25) is 11.8 Å². The van der Waals surface area contributed by atoms with Gasteiger partial charge >= 0.3 is 0 Å². The number of carbonyl (C=O) groups is 2. The maximum Gasteiger partial charge on any atom is 0.233 e. The third-order valence-electron chi connectivity index (χ3n) is 3.20. The van der Waals surface area contributed by atoms with Gasteiger partial charge in [0.25, 0.3) is 0 Å². The highest BCUT2D eigenvalue weighted by molar-refractivity contribution is 6.18. The van der Waals surface area contributed by atoms with E-state index >= 15 is 0 Å². The van der Waals surface area contributed by atoms with Crippen LogP contribution in [-0.2, 0) is 9.59 Å². The molecule has 1 heterocycles. The summed E-state index contributed by atoms with van der Waals surface area (Å²) in [4.78, 5) is 24.5. The lowest BCUT2D eigenvalue weighted by Gasteiger charge is -2.18. The fraction of sp³-hybridized carbons (Fsp3) is 0.778. The Morgan fingerprint density at radius 3 is 2.15 bits per heavy atom. The largest absolute Gasteiger partial charge is 0.281 e. The zero-order chi connectivity index (χ0) is 9.80. The van der Waals surface area contributed by atoms with Crippen LogP contribution < -0.4 is 0 Å². The Bertz CT molecular complexity index is 263. The Hall–Kier alpha value is -0.570. The lowest BCUT2D eigenvalue weighted by atomic mass is 10.1. The second kappa shape index (κ2) is 2.47. The van der Waals surface area contributed by atoms with Gasteiger partial charge in [0.05, 0.1) is 11.8 Å². The number of hydrogen-bond acceptors (Lipinski definition) is 2. The van der Waals surface area contributed by atoms with Gasteiger partial charge in [-0.3, -0.25) is 14.5 Å². The minimum absolute atomic E-state index is 0.0272. The van der Waals surface area contributed by atoms with Crippen molar-refractivity contribution >= 4 is 23.4 Å². The maximum absolute atomic E-state index is 11.6. The van der Waals surface area contributed by atoms with Gasteiger partial charge in [0, 0.05) is 12.4 Å². The SMILES string of the molecule is CC1(C)C2C(=O)N(CCCl)C(=O)C21. The van der Waals surface area contributed by atoms with E-state index in [4.69, 9.17) is 11.6 Å². The van der Waals surface area contributed by atoms with Gasteiger partial charge in [-0.1, -0.05) is 13.8 Å². The second-order valence-corrected chi connectivity index (χ2v) is 4.67. The summed E-state index contributed by atoms with van der Waals surface area (Å²) in [6.45, 7) is 4.30. The molecular formula is C9H12ClNO2. The monoisotopic (exact) mass is 201 g/mol. The fourth-order valence-electron chi connectivity index (χ4n) is 2.31. The number of piperidine rings is 1. The molecule has 2 atom stereocenters. The van der Waals surface area contributed by atoms with Gasteiger partial charge in [-0.2, -0.15) is 0 Å². The summed E-state index contributed by atoms with van der Waals surface area (Å²) in [5.41, 5.74) is -0.100. The van der Waals surface area contributed by atoms with Crippen LogP contribution in [0.4, 0.5) is 0 Å². The van der Waals surface area contributed by atoms with E-state index in [1.165, 1.54) is 4.90 Å². The van der Waals surface area contributed by atoms with Crippen LogP contribution in [0.25, 0.3) is 0 Å². The van der Waals surface area contributed by atoms with Crippen LogP contribution in [0.3, 0.4) is 0 Å². The molecule has 2 aliphatic rings. The smallest absolute Gasteiger partial charge is 0.233 e. The van der Waals surface area contributed by atoms with Crippen molar-refractivity contribution in [1.29, 1.82) is 0 Å². The molecule has 2 rings (SSSR count). The molecule has 1 saturated heterocycles. The van der Waals surface area contributed by atoms with E-state index < -0.39 is 0 Å². The molecule has 72 valence electrons. The molecule has 0 spiro atoms. The van der Waals surface area contributed by atoms with Gasteiger partial charge in [-0.15, -0.1) is 11.6 Å². The van der Waals surface area contributed by atoms with Crippen LogP contribution >= 0.6 is 11.6 Å². The van der Waals surface area contributed by atoms with Gasteiger partial charge < -0.3 is 0 Å². The second-order valence-electron chi connectivity index (χ2n) is 4.29. The Morgan fingerprint density at radius 1 is 1.31 bits per heavy atom. The van der Waals surface area contributed by atoms with E-state index in [2.05, 4.69) is 0 Å². The molecule has 1 aliphatic carbocycles. The Kier molecular flexibility index (Phi) is 1.71. The number of likely N-dealkylation sites (tertiary alicyclic amines) is 1. The summed E-state index contributed by atoms with van der Waals surface area (Å²) < 4.78 is 0. The zero-order valence-corrected chi connectivity index (χ0v) is 8.47. The first kappa shape index (κ1) is 9.00. The molecule has 3 nitrogen and oxygen atoms in total. The maximum atomic E-state index is 11.6. The van der Waals surface area contributed by atoms with Crippen molar-refractivity contribution in [3.05, 3.63) is 0 Å². The van der Waals surface area contributed by atoms with E-state index in [1.54, 1.807) is 0 Å². The minimum atomic E-state index is -0.100. The van der Waals surface area contributed by atoms with Crippen molar-refractivity contribution in [2.45, 2.75) is 13.8 Å². The number of rotatable bonds is 2. The highest BCUT2D eigenvalue weighted by Crippen LogP contribution is 2.63. The summed E-state index contributed by atoms with van der Waals surface area (Å²) in [6, 6.07) is 0. The molecule has 2 amide bonds. The van der Waals surface area contributed by atoms with Crippen LogP contribution in [-0.4, -0.2) is 29.1 Å². The average molecular weight is 202 g/mol. The van der Waals surface area contributed by atoms with Crippen molar-refractivity contribution in [3.8, 4) is 0 Å². The molecule has 0 radical (unpaired) electrons. The number of amides is 2. The zero-order valence-electron chi connectivity index (χ0n) is 7.71. The highest BCUT2D eigenvalue weighted by atomic mass is 35.5. The summed E-state index contributed by atoms with van der Waals surface area (Å²) in [5, 5.41) is 0. The third-order valence-corrected chi connectivity index (χ3v) is 3.37. The van der Waals surface area contributed by atoms with Crippen molar-refractivity contribution in [1.82, 2.24) is 4.90 Å². The highest BCUT2D eigenvalue weighted by Gasteiger charge is 2.72. The van der Waals surface area contributed by atoms with E-state index in [-0.39, 0.29) is 29.1 Å². The lowest BCUT2D eigenvalue weighted by Crippen LogP contribution is -2.37. The van der Waals surface area contributed by atoms with Crippen LogP contribution in [0.1, 0.15) is 13.8 Å². The topological polar surface area (TPSA) is 37.4 Å². The Morgan fingerprint density at radius 2 is 1.77 bits per heavy atom. The molecule has 0 aromatic carbocycles. The molecule has 4 heteroatoms. The van der Waals surface area contributed by atoms with Crippen molar-refractivity contribution in [2.24, 2.45) is 17.3 Å². The normalized spacial score (nSPS) is 35.2. The fourth-order valence-corrected chi connectivity index (χ4v) is 2.48. The number of nitrogens with zero attached hydrogens (tertiary/aromatic N) is 1. The number of carbonyl (C=O) groups excluding carboxylic acids is 2. The molecule has 2 unspecified atom stereocenters. The standard InChI is InChI=1S/C9H12ClNO2/c1-9(2)5-6(9)8(13)11(4-3-10)7(5)12/h5-6H,3-4H2,1-2H3.